The van der Waals surface area contributed by atoms with E-state index in [1.807, 2.05) is 0 Å². The van der Waals surface area contributed by atoms with Crippen molar-refractivity contribution in [3.05, 3.63) is 17.7 Å². The summed E-state index contributed by atoms with van der Waals surface area (Å²) in [6.45, 7) is 1.07. The topological polar surface area (TPSA) is 84.1 Å². The Bertz CT molecular complexity index is 613. The Hall–Kier alpha value is -1.89. The van der Waals surface area contributed by atoms with Gasteiger partial charge in [0.05, 0.1) is 24.2 Å². The molecule has 0 radical (unpaired) electrons. The maximum absolute atomic E-state index is 10.9. The highest BCUT2D eigenvalue weighted by Crippen LogP contribution is 2.21. The molecule has 1 aliphatic rings. The van der Waals surface area contributed by atoms with Crippen molar-refractivity contribution in [3.8, 4) is 0 Å². The van der Waals surface area contributed by atoms with Crippen LogP contribution in [0.25, 0.3) is 11.0 Å². The summed E-state index contributed by atoms with van der Waals surface area (Å²) in [4.78, 5) is 20.3. The van der Waals surface area contributed by atoms with Crippen LogP contribution in [-0.2, 0) is 6.54 Å². The van der Waals surface area contributed by atoms with Crippen molar-refractivity contribution in [2.24, 2.45) is 0 Å². The van der Waals surface area contributed by atoms with Crippen LogP contribution in [0.15, 0.2) is 12.4 Å². The first-order valence-electron chi connectivity index (χ1n) is 5.49. The van der Waals surface area contributed by atoms with Crippen LogP contribution in [0.3, 0.4) is 0 Å². The molecular formula is C10H10ClN5O2. The fraction of sp³-hybridized carbons (Fsp3) is 0.400. The lowest BCUT2D eigenvalue weighted by Gasteiger charge is -2.38. The zero-order valence-corrected chi connectivity index (χ0v) is 10.1. The average molecular weight is 268 g/mol. The van der Waals surface area contributed by atoms with E-state index in [4.69, 9.17) is 16.7 Å². The quantitative estimate of drug-likeness (QED) is 0.828. The monoisotopic (exact) mass is 267 g/mol. The lowest BCUT2D eigenvalue weighted by atomic mass is 10.0. The van der Waals surface area contributed by atoms with Gasteiger partial charge in [-0.3, -0.25) is 0 Å². The number of carbonyl (C=O) groups is 1. The van der Waals surface area contributed by atoms with Gasteiger partial charge in [0.1, 0.15) is 0 Å². The molecule has 3 rings (SSSR count). The Kier molecular flexibility index (Phi) is 2.55. The number of likely N-dealkylation sites (tertiary alicyclic amines) is 1. The first-order valence-corrected chi connectivity index (χ1v) is 5.86. The minimum Gasteiger partial charge on any atom is -0.465 e. The molecule has 0 saturated carbocycles. The zero-order chi connectivity index (χ0) is 12.7. The van der Waals surface area contributed by atoms with E-state index in [0.717, 1.165) is 11.8 Å². The van der Waals surface area contributed by atoms with Gasteiger partial charge in [-0.15, -0.1) is 0 Å². The van der Waals surface area contributed by atoms with Gasteiger partial charge in [-0.2, -0.15) is 10.1 Å². The predicted octanol–water partition coefficient (Wildman–Crippen LogP) is 1.23. The van der Waals surface area contributed by atoms with Gasteiger partial charge in [0.15, 0.2) is 5.65 Å². The van der Waals surface area contributed by atoms with Crippen molar-refractivity contribution < 1.29 is 9.90 Å². The van der Waals surface area contributed by atoms with Crippen LogP contribution < -0.4 is 0 Å². The molecule has 1 fully saturated rings. The van der Waals surface area contributed by atoms with E-state index in [1.54, 1.807) is 17.1 Å². The molecule has 2 aromatic rings. The molecule has 94 valence electrons. The third-order valence-electron chi connectivity index (χ3n) is 3.12. The summed E-state index contributed by atoms with van der Waals surface area (Å²) in [5, 5.41) is 14.1. The van der Waals surface area contributed by atoms with Crippen LogP contribution in [0.4, 0.5) is 4.79 Å². The fourth-order valence-electron chi connectivity index (χ4n) is 2.06. The summed E-state index contributed by atoms with van der Waals surface area (Å²) in [6.07, 6.45) is 3.20. The molecule has 0 unspecified atom stereocenters. The van der Waals surface area contributed by atoms with Gasteiger partial charge in [0.2, 0.25) is 5.28 Å². The van der Waals surface area contributed by atoms with Crippen LogP contribution in [0.5, 0.6) is 0 Å². The van der Waals surface area contributed by atoms with Crippen LogP contribution in [0, 0.1) is 0 Å². The highest BCUT2D eigenvalue weighted by molar-refractivity contribution is 6.28. The molecule has 1 atom stereocenters. The summed E-state index contributed by atoms with van der Waals surface area (Å²) < 4.78 is 1.67. The van der Waals surface area contributed by atoms with E-state index < -0.39 is 6.09 Å². The van der Waals surface area contributed by atoms with E-state index in [2.05, 4.69) is 15.1 Å². The fourth-order valence-corrected chi connectivity index (χ4v) is 2.19. The molecule has 0 aromatic carbocycles. The highest BCUT2D eigenvalue weighted by atomic mass is 35.5. The number of hydrogen-bond donors (Lipinski definition) is 1. The number of fused-ring (bicyclic) bond motifs is 1. The Balaban J connectivity index is 1.87. The van der Waals surface area contributed by atoms with Crippen molar-refractivity contribution in [1.29, 1.82) is 0 Å². The number of amides is 1. The molecule has 1 aliphatic heterocycles. The Labute approximate surface area is 107 Å². The first-order chi connectivity index (χ1) is 8.65. The molecule has 8 heteroatoms. The number of carboxylic acid groups (broad SMARTS) is 1. The first kappa shape index (κ1) is 11.2. The number of nitrogens with zero attached hydrogens (tertiary/aromatic N) is 5. The third-order valence-corrected chi connectivity index (χ3v) is 3.30. The number of hydrogen-bond acceptors (Lipinski definition) is 4. The number of halogens is 1. The van der Waals surface area contributed by atoms with Gasteiger partial charge in [-0.25, -0.2) is 14.5 Å². The Morgan fingerprint density at radius 3 is 3.06 bits per heavy atom. The Morgan fingerprint density at radius 2 is 2.39 bits per heavy atom. The van der Waals surface area contributed by atoms with Gasteiger partial charge in [0.25, 0.3) is 0 Å². The minimum absolute atomic E-state index is 0.0423. The number of aromatic nitrogens is 4. The van der Waals surface area contributed by atoms with Crippen molar-refractivity contribution in [1.82, 2.24) is 24.6 Å². The third kappa shape index (κ3) is 1.76. The van der Waals surface area contributed by atoms with Crippen molar-refractivity contribution in [3.63, 3.8) is 0 Å². The maximum Gasteiger partial charge on any atom is 0.407 e. The van der Waals surface area contributed by atoms with Crippen LogP contribution in [0.1, 0.15) is 6.42 Å². The van der Waals surface area contributed by atoms with Crippen molar-refractivity contribution in [2.75, 3.05) is 6.54 Å². The van der Waals surface area contributed by atoms with Gasteiger partial charge >= 0.3 is 6.09 Å². The molecule has 0 bridgehead atoms. The molecular weight excluding hydrogens is 258 g/mol. The van der Waals surface area contributed by atoms with E-state index in [9.17, 15) is 4.79 Å². The summed E-state index contributed by atoms with van der Waals surface area (Å²) >= 11 is 5.74. The lowest BCUT2D eigenvalue weighted by Crippen LogP contribution is -2.52. The molecule has 2 aromatic heterocycles. The van der Waals surface area contributed by atoms with E-state index in [-0.39, 0.29) is 11.3 Å². The summed E-state index contributed by atoms with van der Waals surface area (Å²) in [5.74, 6) is 0. The normalized spacial score (nSPS) is 18.9. The lowest BCUT2D eigenvalue weighted by molar-refractivity contribution is 0.0663. The van der Waals surface area contributed by atoms with Crippen LogP contribution >= 0.6 is 11.6 Å². The second-order valence-corrected chi connectivity index (χ2v) is 4.50. The molecule has 0 aliphatic carbocycles. The standard InChI is InChI=1S/C10H10ClN5O2/c11-9-12-3-6-4-13-16(8(6)14-9)5-7-1-2-15(7)10(17)18/h3-4,7H,1-2,5H2,(H,17,18)/t7-/m0/s1. The smallest absolute Gasteiger partial charge is 0.407 e. The largest absolute Gasteiger partial charge is 0.465 e. The molecule has 1 amide bonds. The van der Waals surface area contributed by atoms with Crippen molar-refractivity contribution in [2.45, 2.75) is 19.0 Å². The summed E-state index contributed by atoms with van der Waals surface area (Å²) in [5.41, 5.74) is 0.632. The van der Waals surface area contributed by atoms with Gasteiger partial charge in [-0.1, -0.05) is 0 Å². The second kappa shape index (κ2) is 4.09. The predicted molar refractivity (Wildman–Crippen MR) is 63.5 cm³/mol. The second-order valence-electron chi connectivity index (χ2n) is 4.16. The van der Waals surface area contributed by atoms with Crippen molar-refractivity contribution >= 4 is 28.7 Å². The van der Waals surface area contributed by atoms with Gasteiger partial charge < -0.3 is 10.0 Å². The molecule has 18 heavy (non-hydrogen) atoms. The highest BCUT2D eigenvalue weighted by Gasteiger charge is 2.32. The molecule has 1 N–H and O–H groups in total. The summed E-state index contributed by atoms with van der Waals surface area (Å²) in [7, 11) is 0. The van der Waals surface area contributed by atoms with E-state index in [0.29, 0.717) is 18.7 Å². The van der Waals surface area contributed by atoms with Gasteiger partial charge in [0, 0.05) is 12.7 Å². The van der Waals surface area contributed by atoms with Crippen LogP contribution in [0.2, 0.25) is 5.28 Å². The number of rotatable bonds is 2. The van der Waals surface area contributed by atoms with Crippen LogP contribution in [-0.4, -0.2) is 48.4 Å². The van der Waals surface area contributed by atoms with E-state index >= 15 is 0 Å². The molecule has 1 saturated heterocycles. The molecule has 7 nitrogen and oxygen atoms in total. The zero-order valence-electron chi connectivity index (χ0n) is 9.32. The maximum atomic E-state index is 10.9. The minimum atomic E-state index is -0.893. The van der Waals surface area contributed by atoms with E-state index in [1.165, 1.54) is 4.90 Å². The SMILES string of the molecule is O=C(O)N1CC[C@H]1Cn1ncc2cnc(Cl)nc21. The average Bonchev–Trinajstić information content (AvgIpc) is 2.66. The molecule has 3 heterocycles. The summed E-state index contributed by atoms with van der Waals surface area (Å²) in [6, 6.07) is -0.0423. The molecule has 0 spiro atoms. The van der Waals surface area contributed by atoms with Gasteiger partial charge in [-0.05, 0) is 18.0 Å². The Morgan fingerprint density at radius 1 is 1.56 bits per heavy atom.